The van der Waals surface area contributed by atoms with Gasteiger partial charge in [-0.25, -0.2) is 16.8 Å². The normalized spacial score (nSPS) is 11.2. The van der Waals surface area contributed by atoms with E-state index in [2.05, 4.69) is 31.9 Å². The van der Waals surface area contributed by atoms with Gasteiger partial charge >= 0.3 is 48.9 Å². The van der Waals surface area contributed by atoms with Crippen molar-refractivity contribution in [3.63, 3.8) is 0 Å². The molecule has 0 spiro atoms. The second-order valence-corrected chi connectivity index (χ2v) is 11.2. The minimum atomic E-state index is -4.24. The maximum atomic E-state index is 10.3. The molecule has 0 fully saturated rings. The first-order valence-corrected chi connectivity index (χ1v) is 10.5. The van der Waals surface area contributed by atoms with Crippen LogP contribution in [0.5, 0.6) is 0 Å². The van der Waals surface area contributed by atoms with Crippen molar-refractivity contribution >= 4 is 124 Å². The summed E-state index contributed by atoms with van der Waals surface area (Å²) in [5, 5.41) is 0. The van der Waals surface area contributed by atoms with Crippen LogP contribution in [0.25, 0.3) is 0 Å². The first-order valence-electron chi connectivity index (χ1n) is 4.42. The fourth-order valence-corrected chi connectivity index (χ4v) is 5.57. The standard InChI is InChI=1S/2C4H3BrO3S2.Ba/c2*5-3-1-2-4(9-3)10(6,7)8;/h2*1-2H,(H,6,7,8);/q;;+2/p-2. The van der Waals surface area contributed by atoms with Gasteiger partial charge in [0, 0.05) is 0 Å². The zero-order valence-corrected chi connectivity index (χ0v) is 20.7. The molecule has 0 aromatic carbocycles. The molecule has 0 saturated heterocycles. The van der Waals surface area contributed by atoms with Crippen molar-refractivity contribution in [2.24, 2.45) is 0 Å². The molecule has 0 aliphatic carbocycles. The van der Waals surface area contributed by atoms with Crippen LogP contribution in [0.1, 0.15) is 0 Å². The van der Waals surface area contributed by atoms with E-state index in [9.17, 15) is 25.9 Å². The third-order valence-corrected chi connectivity index (χ3v) is 7.41. The van der Waals surface area contributed by atoms with Crippen LogP contribution in [-0.4, -0.2) is 74.8 Å². The predicted molar refractivity (Wildman–Crippen MR) is 85.7 cm³/mol. The third kappa shape index (κ3) is 8.42. The first kappa shape index (κ1) is 22.8. The summed E-state index contributed by atoms with van der Waals surface area (Å²) >= 11 is 7.90. The van der Waals surface area contributed by atoms with Gasteiger partial charge in [-0.15, -0.1) is 22.7 Å². The Labute approximate surface area is 186 Å². The summed E-state index contributed by atoms with van der Waals surface area (Å²) in [6.07, 6.45) is 0. The molecule has 0 aliphatic rings. The number of thiophene rings is 2. The fourth-order valence-electron chi connectivity index (χ4n) is 0.864. The molecular formula is C8H4BaBr2O6S4. The quantitative estimate of drug-likeness (QED) is 0.376. The smallest absolute Gasteiger partial charge is 0.743 e. The van der Waals surface area contributed by atoms with E-state index < -0.39 is 20.2 Å². The Morgan fingerprint density at radius 2 is 1.05 bits per heavy atom. The number of halogens is 2. The second kappa shape index (κ2) is 9.29. The first-order chi connectivity index (χ1) is 9.00. The van der Waals surface area contributed by atoms with Crippen molar-refractivity contribution in [3.05, 3.63) is 31.8 Å². The maximum Gasteiger partial charge on any atom is 2.00 e. The zero-order valence-electron chi connectivity index (χ0n) is 9.85. The Kier molecular flexibility index (Phi) is 10.1. The van der Waals surface area contributed by atoms with Gasteiger partial charge in [0.05, 0.1) is 7.57 Å². The number of hydrogen-bond acceptors (Lipinski definition) is 8. The molecule has 6 nitrogen and oxygen atoms in total. The largest absolute Gasteiger partial charge is 2.00 e. The van der Waals surface area contributed by atoms with Crippen LogP contribution in [0, 0.1) is 0 Å². The van der Waals surface area contributed by atoms with Crippen LogP contribution in [0.4, 0.5) is 0 Å². The fraction of sp³-hybridized carbons (Fsp3) is 0. The van der Waals surface area contributed by atoms with E-state index in [0.29, 0.717) is 7.57 Å². The van der Waals surface area contributed by atoms with Crippen molar-refractivity contribution in [1.82, 2.24) is 0 Å². The molecule has 2 rings (SSSR count). The summed E-state index contributed by atoms with van der Waals surface area (Å²) in [4.78, 5) is 0. The van der Waals surface area contributed by atoms with Gasteiger partial charge in [-0.05, 0) is 56.1 Å². The molecule has 2 aromatic heterocycles. The van der Waals surface area contributed by atoms with Gasteiger partial charge in [0.15, 0.2) is 0 Å². The molecule has 0 bridgehead atoms. The zero-order chi connectivity index (χ0) is 15.6. The van der Waals surface area contributed by atoms with Crippen LogP contribution < -0.4 is 0 Å². The summed E-state index contributed by atoms with van der Waals surface area (Å²) in [5.74, 6) is 0. The maximum absolute atomic E-state index is 10.3. The van der Waals surface area contributed by atoms with E-state index in [0.717, 1.165) is 22.7 Å². The molecule has 2 aromatic rings. The molecule has 0 unspecified atom stereocenters. The van der Waals surface area contributed by atoms with Crippen LogP contribution in [0.3, 0.4) is 0 Å². The number of rotatable bonds is 2. The van der Waals surface area contributed by atoms with Crippen LogP contribution in [-0.2, 0) is 20.2 Å². The van der Waals surface area contributed by atoms with Crippen molar-refractivity contribution in [3.8, 4) is 0 Å². The van der Waals surface area contributed by atoms with E-state index in [1.807, 2.05) is 0 Å². The molecule has 0 radical (unpaired) electrons. The van der Waals surface area contributed by atoms with Crippen LogP contribution >= 0.6 is 54.5 Å². The molecule has 0 aliphatic heterocycles. The SMILES string of the molecule is O=S(=O)([O-])c1ccc(Br)s1.O=S(=O)([O-])c1ccc(Br)s1.[Ba+2]. The molecule has 0 saturated carbocycles. The summed E-state index contributed by atoms with van der Waals surface area (Å²) in [6, 6.07) is 5.60. The van der Waals surface area contributed by atoms with Gasteiger partial charge in [0.2, 0.25) is 0 Å². The van der Waals surface area contributed by atoms with Gasteiger partial charge in [-0.2, -0.15) is 0 Å². The van der Waals surface area contributed by atoms with E-state index in [-0.39, 0.29) is 57.3 Å². The van der Waals surface area contributed by atoms with Crippen molar-refractivity contribution < 1.29 is 25.9 Å². The van der Waals surface area contributed by atoms with Gasteiger partial charge < -0.3 is 9.11 Å². The van der Waals surface area contributed by atoms with Crippen molar-refractivity contribution in [2.45, 2.75) is 8.42 Å². The molecule has 112 valence electrons. The minimum absolute atomic E-state index is 0. The molecule has 0 atom stereocenters. The van der Waals surface area contributed by atoms with E-state index >= 15 is 0 Å². The second-order valence-electron chi connectivity index (χ2n) is 3.03. The van der Waals surface area contributed by atoms with Gasteiger partial charge in [-0.1, -0.05) is 0 Å². The Morgan fingerprint density at radius 1 is 0.762 bits per heavy atom. The molecule has 13 heteroatoms. The van der Waals surface area contributed by atoms with Crippen molar-refractivity contribution in [1.29, 1.82) is 0 Å². The Morgan fingerprint density at radius 3 is 1.14 bits per heavy atom. The number of hydrogen-bond donors (Lipinski definition) is 0. The summed E-state index contributed by atoms with van der Waals surface area (Å²) in [7, 11) is -8.49. The monoisotopic (exact) mass is 620 g/mol. The molecule has 2 heterocycles. The Balaban J connectivity index is 0.000000364. The van der Waals surface area contributed by atoms with E-state index in [1.165, 1.54) is 24.3 Å². The molecule has 21 heavy (non-hydrogen) atoms. The van der Waals surface area contributed by atoms with Gasteiger partial charge in [0.25, 0.3) is 0 Å². The van der Waals surface area contributed by atoms with Crippen molar-refractivity contribution in [2.75, 3.05) is 0 Å². The summed E-state index contributed by atoms with van der Waals surface area (Å²) in [6.45, 7) is 0. The average Bonchev–Trinajstić information content (AvgIpc) is 2.85. The molecule has 0 amide bonds. The molecule has 0 N–H and O–H groups in total. The minimum Gasteiger partial charge on any atom is -0.743 e. The van der Waals surface area contributed by atoms with E-state index in [4.69, 9.17) is 0 Å². The third-order valence-electron chi connectivity index (χ3n) is 1.59. The van der Waals surface area contributed by atoms with Gasteiger partial charge in [-0.3, -0.25) is 0 Å². The Bertz CT molecular complexity index is 726. The van der Waals surface area contributed by atoms with Gasteiger partial charge in [0.1, 0.15) is 28.7 Å². The topological polar surface area (TPSA) is 114 Å². The summed E-state index contributed by atoms with van der Waals surface area (Å²) < 4.78 is 62.7. The molecular weight excluding hydrogens is 617 g/mol. The Hall–Kier alpha value is 1.75. The summed E-state index contributed by atoms with van der Waals surface area (Å²) in [5.41, 5.74) is 0. The van der Waals surface area contributed by atoms with E-state index in [1.54, 1.807) is 0 Å². The average molecular weight is 622 g/mol. The van der Waals surface area contributed by atoms with Crippen LogP contribution in [0.2, 0.25) is 0 Å². The predicted octanol–water partition coefficient (Wildman–Crippen LogP) is 2.45. The van der Waals surface area contributed by atoms with Crippen LogP contribution in [0.15, 0.2) is 40.3 Å².